The fraction of sp³-hybridized carbons (Fsp3) is 0. The molecule has 1 aliphatic carbocycles. The highest BCUT2D eigenvalue weighted by Gasteiger charge is 2.25. The molecule has 0 aromatic heterocycles. The zero-order chi connectivity index (χ0) is 17.2. The number of fused-ring (bicyclic) bond motifs is 1. The molecule has 0 N–H and O–H groups in total. The molecule has 0 saturated carbocycles. The van der Waals surface area contributed by atoms with Gasteiger partial charge >= 0.3 is 0 Å². The van der Waals surface area contributed by atoms with E-state index in [-0.39, 0.29) is 11.6 Å². The van der Waals surface area contributed by atoms with Crippen molar-refractivity contribution >= 4 is 132 Å². The van der Waals surface area contributed by atoms with Crippen LogP contribution in [0.15, 0.2) is 35.2 Å². The van der Waals surface area contributed by atoms with Crippen molar-refractivity contribution in [3.8, 4) is 0 Å². The van der Waals surface area contributed by atoms with Gasteiger partial charge in [-0.25, -0.2) is 0 Å². The lowest BCUT2D eigenvalue weighted by Crippen LogP contribution is -2.14. The Balaban J connectivity index is 1.63. The van der Waals surface area contributed by atoms with Crippen LogP contribution in [0.4, 0.5) is 0 Å². The van der Waals surface area contributed by atoms with Crippen molar-refractivity contribution in [2.75, 3.05) is 0 Å². The molecule has 14 heteroatoms. The van der Waals surface area contributed by atoms with E-state index in [1.807, 2.05) is 0 Å². The fourth-order valence-corrected chi connectivity index (χ4v) is 26.5. The molecular formula is C10H6O2S12. The molecule has 1 aliphatic rings. The number of thiol groups is 1. The number of ketones is 2. The maximum Gasteiger partial charge on any atom is 0.201 e. The summed E-state index contributed by atoms with van der Waals surface area (Å²) >= 11 is 4.04. The molecule has 0 spiro atoms. The first kappa shape index (κ1) is 22.8. The summed E-state index contributed by atoms with van der Waals surface area (Å²) in [6.45, 7) is 0. The van der Waals surface area contributed by atoms with E-state index in [2.05, 4.69) is 11.7 Å². The molecule has 0 amide bonds. The minimum atomic E-state index is -0.0981. The second kappa shape index (κ2) is 13.6. The van der Waals surface area contributed by atoms with Gasteiger partial charge in [-0.05, 0) is 109 Å². The monoisotopic (exact) mass is 542 g/mol. The largest absolute Gasteiger partial charge is 0.289 e. The van der Waals surface area contributed by atoms with Crippen molar-refractivity contribution < 1.29 is 9.59 Å². The molecular weight excluding hydrogens is 537 g/mol. The van der Waals surface area contributed by atoms with E-state index < -0.39 is 0 Å². The number of hydrogen-bond acceptors (Lipinski definition) is 14. The average Bonchev–Trinajstić information content (AvgIpc) is 2.60. The third kappa shape index (κ3) is 7.86. The smallest absolute Gasteiger partial charge is 0.201 e. The van der Waals surface area contributed by atoms with Gasteiger partial charge in [0.2, 0.25) is 5.78 Å². The Kier molecular flexibility index (Phi) is 12.9. The van der Waals surface area contributed by atoms with Gasteiger partial charge in [0.05, 0.1) is 4.91 Å². The SMILES string of the molecule is O=C1C=C(SSSSSSSSSSSS)C(=O)c2ccccc21. The van der Waals surface area contributed by atoms with Gasteiger partial charge in [0.25, 0.3) is 0 Å². The molecule has 0 radical (unpaired) electrons. The second-order valence-corrected chi connectivity index (χ2v) is 22.5. The van der Waals surface area contributed by atoms with Crippen LogP contribution in [0.25, 0.3) is 0 Å². The van der Waals surface area contributed by atoms with Crippen LogP contribution in [0.2, 0.25) is 0 Å². The predicted molar refractivity (Wildman–Crippen MR) is 136 cm³/mol. The highest BCUT2D eigenvalue weighted by molar-refractivity contribution is 9.54. The summed E-state index contributed by atoms with van der Waals surface area (Å²) in [6, 6.07) is 6.96. The summed E-state index contributed by atoms with van der Waals surface area (Å²) in [5, 5.41) is 0. The van der Waals surface area contributed by atoms with Crippen LogP contribution >= 0.6 is 121 Å². The van der Waals surface area contributed by atoms with Gasteiger partial charge in [0.15, 0.2) is 5.78 Å². The third-order valence-electron chi connectivity index (χ3n) is 2.30. The summed E-state index contributed by atoms with van der Waals surface area (Å²) in [5.41, 5.74) is 0.992. The van der Waals surface area contributed by atoms with Crippen LogP contribution in [0.5, 0.6) is 0 Å². The minimum Gasteiger partial charge on any atom is -0.289 e. The van der Waals surface area contributed by atoms with E-state index in [4.69, 9.17) is 0 Å². The fourth-order valence-electron chi connectivity index (χ4n) is 1.50. The van der Waals surface area contributed by atoms with E-state index in [0.29, 0.717) is 16.0 Å². The molecule has 2 nitrogen and oxygen atoms in total. The first-order valence-electron chi connectivity index (χ1n) is 5.62. The molecule has 130 valence electrons. The number of benzene rings is 1. The van der Waals surface area contributed by atoms with E-state index in [0.717, 1.165) is 0 Å². The zero-order valence-corrected chi connectivity index (χ0v) is 21.0. The first-order valence-corrected chi connectivity index (χ1v) is 20.8. The Bertz CT molecular complexity index is 605. The standard InChI is InChI=1S/C10H6O2S12/c11-8-5-9(10(12)7-4-2-1-3-6(7)8)14-16-18-20-22-24-23-21-19-17-15-13/h1-5,13H. The summed E-state index contributed by atoms with van der Waals surface area (Å²) in [5.74, 6) is -0.169. The lowest BCUT2D eigenvalue weighted by Gasteiger charge is -2.13. The van der Waals surface area contributed by atoms with Crippen molar-refractivity contribution in [2.45, 2.75) is 0 Å². The number of allylic oxidation sites excluding steroid dienone is 2. The van der Waals surface area contributed by atoms with Gasteiger partial charge in [-0.3, -0.25) is 9.59 Å². The van der Waals surface area contributed by atoms with Gasteiger partial charge in [-0.15, -0.1) is 0 Å². The van der Waals surface area contributed by atoms with Gasteiger partial charge in [0, 0.05) is 17.2 Å². The van der Waals surface area contributed by atoms with Crippen molar-refractivity contribution in [1.29, 1.82) is 0 Å². The van der Waals surface area contributed by atoms with E-state index in [1.165, 1.54) is 36.5 Å². The third-order valence-corrected chi connectivity index (χ3v) is 24.4. The molecule has 24 heavy (non-hydrogen) atoms. The van der Waals surface area contributed by atoms with Crippen molar-refractivity contribution in [3.05, 3.63) is 46.4 Å². The maximum atomic E-state index is 12.4. The first-order chi connectivity index (χ1) is 11.7. The Morgan fingerprint density at radius 2 is 1.25 bits per heavy atom. The Morgan fingerprint density at radius 3 is 1.88 bits per heavy atom. The number of carbonyl (C=O) groups is 2. The van der Waals surface area contributed by atoms with E-state index in [9.17, 15) is 9.59 Å². The van der Waals surface area contributed by atoms with Gasteiger partial charge in [-0.1, -0.05) is 35.9 Å². The molecule has 1 aromatic rings. The number of carbonyl (C=O) groups excluding carboxylic acids is 2. The average molecular weight is 543 g/mol. The zero-order valence-electron chi connectivity index (χ0n) is 11.1. The molecule has 0 bridgehead atoms. The molecule has 0 atom stereocenters. The summed E-state index contributed by atoms with van der Waals surface area (Å²) < 4.78 is 0. The van der Waals surface area contributed by atoms with Crippen LogP contribution in [0, 0.1) is 0 Å². The lowest BCUT2D eigenvalue weighted by molar-refractivity contribution is 0.0991. The Hall–Kier alpha value is 2.50. The molecule has 2 rings (SSSR count). The van der Waals surface area contributed by atoms with Crippen LogP contribution in [-0.2, 0) is 0 Å². The number of rotatable bonds is 11. The van der Waals surface area contributed by atoms with Crippen LogP contribution in [-0.4, -0.2) is 11.6 Å². The van der Waals surface area contributed by atoms with Crippen molar-refractivity contribution in [1.82, 2.24) is 0 Å². The quantitative estimate of drug-likeness (QED) is 0.164. The molecule has 0 saturated heterocycles. The summed E-state index contributed by atoms with van der Waals surface area (Å²) in [4.78, 5) is 24.9. The van der Waals surface area contributed by atoms with Gasteiger partial charge < -0.3 is 0 Å². The van der Waals surface area contributed by atoms with E-state index >= 15 is 0 Å². The van der Waals surface area contributed by atoms with Crippen LogP contribution in [0.3, 0.4) is 0 Å². The topological polar surface area (TPSA) is 34.1 Å². The van der Waals surface area contributed by atoms with Crippen LogP contribution < -0.4 is 0 Å². The van der Waals surface area contributed by atoms with Gasteiger partial charge in [0.1, 0.15) is 0 Å². The number of hydrogen-bond donors (Lipinski definition) is 1. The summed E-state index contributed by atoms with van der Waals surface area (Å²) in [6.07, 6.45) is 1.44. The molecule has 0 heterocycles. The maximum absolute atomic E-state index is 12.4. The lowest BCUT2D eigenvalue weighted by atomic mass is 9.95. The van der Waals surface area contributed by atoms with Crippen molar-refractivity contribution in [2.24, 2.45) is 0 Å². The second-order valence-electron chi connectivity index (χ2n) is 3.52. The van der Waals surface area contributed by atoms with Crippen molar-refractivity contribution in [3.63, 3.8) is 0 Å². The highest BCUT2D eigenvalue weighted by atomic mass is 34.0. The van der Waals surface area contributed by atoms with Crippen LogP contribution in [0.1, 0.15) is 20.7 Å². The Morgan fingerprint density at radius 1 is 0.708 bits per heavy atom. The highest BCUT2D eigenvalue weighted by Crippen LogP contribution is 2.61. The molecule has 0 fully saturated rings. The molecule has 1 aromatic carbocycles. The minimum absolute atomic E-state index is 0.0705. The summed E-state index contributed by atoms with van der Waals surface area (Å²) in [7, 11) is 17.6. The Labute approximate surface area is 185 Å². The van der Waals surface area contributed by atoms with E-state index in [1.54, 1.807) is 103 Å². The number of Topliss-reactive ketones (excluding diaryl/α,β-unsaturated/α-hetero) is 1. The molecule has 0 unspecified atom stereocenters. The molecule has 0 aliphatic heterocycles. The normalized spacial score (nSPS) is 13.8. The van der Waals surface area contributed by atoms with Gasteiger partial charge in [-0.2, -0.15) is 0 Å². The predicted octanol–water partition coefficient (Wildman–Crippen LogP) is 9.01.